The van der Waals surface area contributed by atoms with Crippen LogP contribution in [0.4, 0.5) is 22.7 Å². The average molecular weight is 952 g/mol. The van der Waals surface area contributed by atoms with Crippen molar-refractivity contribution in [2.24, 2.45) is 40.8 Å². The summed E-state index contributed by atoms with van der Waals surface area (Å²) < 4.78 is 5.74. The van der Waals surface area contributed by atoms with E-state index < -0.39 is 17.8 Å². The number of aliphatic hydroxyl groups excluding tert-OH is 2. The number of benzene rings is 4. The first kappa shape index (κ1) is 61.1. The molecule has 1 heterocycles. The maximum absolute atomic E-state index is 11.8. The van der Waals surface area contributed by atoms with Gasteiger partial charge in [-0.05, 0) is 47.5 Å². The minimum absolute atomic E-state index is 0. The highest BCUT2D eigenvalue weighted by Crippen LogP contribution is 2.35. The standard InChI is InChI=1S/C16H16Cl2N2O2.C14H11Cl2NO2.C4H5NO3.C2H7NO.C2H2.3H4N2.H3N/c17-12-5-3-6-13(18)16(12)20-14-7-2-1-4-11(14)10-15(22)19-8-9-21;15-10-5-3-6-11(16)14(10)17-12-7-2-1-4-9(12)8-13(18)19;6-3-1-2-4(7)5(3)8;3-1-2-4;4*1-2;/h1-7,20-21H,8-10H2,(H,19,22);1-7,17H,8H2,(H,18,19);8H,1-2H2;4H,1-3H2;1-2H;3*1-2H2;1H3/i;;;;1D;;;;. The number of hydroxylamine groups is 2. The highest BCUT2D eigenvalue weighted by atomic mass is 35.5. The SMILES string of the molecule is N.NCCO.NN.NN.NN.O=C(Cc1ccccc1Nc1c(Cl)cccc1Cl)NCCO.O=C(O)Cc1ccccc1Nc1c(Cl)cccc1Cl.O=C1CCC(=O)N1O.[2H]C#C. The number of rotatable bonds is 11. The first-order valence-corrected chi connectivity index (χ1v) is 18.7. The monoisotopic (exact) mass is 949 g/mol. The molecule has 1 fully saturated rings. The van der Waals surface area contributed by atoms with Gasteiger partial charge in [-0.1, -0.05) is 94.9 Å². The van der Waals surface area contributed by atoms with Gasteiger partial charge < -0.3 is 43.2 Å². The van der Waals surface area contributed by atoms with Crippen molar-refractivity contribution in [1.29, 1.82) is 0 Å². The Morgan fingerprint density at radius 3 is 1.31 bits per heavy atom. The van der Waals surface area contributed by atoms with Crippen LogP contribution in [-0.4, -0.2) is 75.6 Å². The predicted octanol–water partition coefficient (Wildman–Crippen LogP) is 3.08. The molecule has 1 aliphatic heterocycles. The number of terminal acetylenes is 1. The summed E-state index contributed by atoms with van der Waals surface area (Å²) in [7, 11) is 0. The van der Waals surface area contributed by atoms with Crippen molar-refractivity contribution in [2.45, 2.75) is 25.7 Å². The van der Waals surface area contributed by atoms with Crippen LogP contribution in [0.15, 0.2) is 84.9 Å². The number of carboxylic acid groups (broad SMARTS) is 1. The lowest BCUT2D eigenvalue weighted by Gasteiger charge is -2.14. The number of hydrogen-bond acceptors (Lipinski definition) is 17. The number of aliphatic hydroxyl groups is 2. The van der Waals surface area contributed by atoms with Gasteiger partial charge in [0, 0.05) is 37.3 Å². The van der Waals surface area contributed by atoms with Gasteiger partial charge in [-0.25, -0.2) is 0 Å². The Labute approximate surface area is 381 Å². The Morgan fingerprint density at radius 1 is 0.677 bits per heavy atom. The number of hydrogen-bond donors (Lipinski definition) is 15. The Balaban J connectivity index is -0.000000382. The van der Waals surface area contributed by atoms with Crippen LogP contribution in [0, 0.1) is 12.8 Å². The van der Waals surface area contributed by atoms with Gasteiger partial charge in [0.2, 0.25) is 5.91 Å². The lowest BCUT2D eigenvalue weighted by atomic mass is 10.1. The summed E-state index contributed by atoms with van der Waals surface area (Å²) in [6.07, 6.45) is 6.20. The number of halogens is 4. The van der Waals surface area contributed by atoms with E-state index in [9.17, 15) is 19.2 Å². The second-order valence-corrected chi connectivity index (χ2v) is 12.3. The topological polar surface area (TPSA) is 406 Å². The second-order valence-electron chi connectivity index (χ2n) is 10.7. The number of carbonyl (C=O) groups excluding carboxylic acids is 3. The number of para-hydroxylation sites is 4. The smallest absolute Gasteiger partial charge is 0.307 e. The van der Waals surface area contributed by atoms with E-state index in [1.54, 1.807) is 54.6 Å². The zero-order valence-electron chi connectivity index (χ0n) is 34.4. The van der Waals surface area contributed by atoms with E-state index in [2.05, 4.69) is 57.4 Å². The van der Waals surface area contributed by atoms with E-state index in [-0.39, 0.29) is 62.6 Å². The quantitative estimate of drug-likeness (QED) is 0.0338. The number of hydrazine groups is 3. The highest BCUT2D eigenvalue weighted by Gasteiger charge is 2.26. The molecule has 62 heavy (non-hydrogen) atoms. The summed E-state index contributed by atoms with van der Waals surface area (Å²) in [4.78, 5) is 43.1. The molecule has 1 saturated heterocycles. The third-order valence-electron chi connectivity index (χ3n) is 6.76. The van der Waals surface area contributed by atoms with Crippen LogP contribution in [0.3, 0.4) is 0 Å². The fraction of sp³-hybridized carbons (Fsp3) is 0.211. The van der Waals surface area contributed by atoms with Crippen LogP contribution in [0.25, 0.3) is 0 Å². The van der Waals surface area contributed by atoms with Crippen molar-refractivity contribution in [3.05, 3.63) is 116 Å². The molecular formula is C38H56Cl4N12O8. The maximum atomic E-state index is 11.8. The molecule has 4 aromatic carbocycles. The van der Waals surface area contributed by atoms with Crippen LogP contribution in [-0.2, 0) is 32.0 Å². The predicted molar refractivity (Wildman–Crippen MR) is 247 cm³/mol. The number of carboxylic acids is 1. The minimum Gasteiger partial charge on any atom is -0.481 e. The average Bonchev–Trinajstić information content (AvgIpc) is 3.57. The lowest BCUT2D eigenvalue weighted by molar-refractivity contribution is -0.171. The van der Waals surface area contributed by atoms with Gasteiger partial charge in [-0.15, -0.1) is 12.8 Å². The number of nitrogens with zero attached hydrogens (tertiary/aromatic N) is 1. The van der Waals surface area contributed by atoms with Gasteiger partial charge in [-0.3, -0.25) is 59.4 Å². The van der Waals surface area contributed by atoms with Crippen molar-refractivity contribution in [1.82, 2.24) is 16.5 Å². The van der Waals surface area contributed by atoms with Crippen molar-refractivity contribution in [3.63, 3.8) is 0 Å². The Kier molecular flexibility index (Phi) is 39.4. The molecule has 0 unspecified atom stereocenters. The first-order valence-electron chi connectivity index (χ1n) is 17.6. The first-order chi connectivity index (χ1) is 29.7. The summed E-state index contributed by atoms with van der Waals surface area (Å²) in [5, 5.41) is 44.8. The largest absolute Gasteiger partial charge is 0.481 e. The summed E-state index contributed by atoms with van der Waals surface area (Å²) in [5.74, 6) is 21.9. The third-order valence-corrected chi connectivity index (χ3v) is 8.02. The fourth-order valence-electron chi connectivity index (χ4n) is 4.26. The molecule has 5 rings (SSSR count). The summed E-state index contributed by atoms with van der Waals surface area (Å²) >= 11 is 24.5. The van der Waals surface area contributed by atoms with Crippen molar-refractivity contribution >= 4 is 92.8 Å². The molecule has 0 atom stereocenters. The van der Waals surface area contributed by atoms with Crippen LogP contribution >= 0.6 is 46.4 Å². The molecule has 1 aliphatic rings. The van der Waals surface area contributed by atoms with E-state index in [1.165, 1.54) is 6.40 Å². The van der Waals surface area contributed by atoms with E-state index in [1.807, 2.05) is 30.3 Å². The number of aliphatic carboxylic acids is 1. The molecule has 24 heteroatoms. The molecule has 0 spiro atoms. The zero-order chi connectivity index (χ0) is 48.0. The molecule has 4 aromatic rings. The number of anilines is 4. The molecule has 0 radical (unpaired) electrons. The zero-order valence-corrected chi connectivity index (χ0v) is 36.5. The van der Waals surface area contributed by atoms with E-state index >= 15 is 0 Å². The Morgan fingerprint density at radius 2 is 1.02 bits per heavy atom. The minimum atomic E-state index is -0.889. The van der Waals surface area contributed by atoms with Crippen molar-refractivity contribution < 1.29 is 41.1 Å². The maximum Gasteiger partial charge on any atom is 0.307 e. The molecule has 0 aromatic heterocycles. The van der Waals surface area contributed by atoms with Gasteiger partial charge in [0.1, 0.15) is 1.37 Å². The van der Waals surface area contributed by atoms with Crippen molar-refractivity contribution in [2.75, 3.05) is 36.9 Å². The van der Waals surface area contributed by atoms with Crippen LogP contribution in [0.1, 0.15) is 25.3 Å². The lowest BCUT2D eigenvalue weighted by Crippen LogP contribution is -2.28. The molecule has 344 valence electrons. The third kappa shape index (κ3) is 25.6. The normalized spacial score (nSPS) is 10.3. The van der Waals surface area contributed by atoms with Crippen LogP contribution < -0.4 is 62.9 Å². The van der Waals surface area contributed by atoms with Gasteiger partial charge in [0.15, 0.2) is 0 Å². The molecule has 3 amide bonds. The molecule has 24 N–H and O–H groups in total. The Hall–Kier alpha value is -5.16. The molecule has 0 saturated carbocycles. The molecule has 0 aliphatic carbocycles. The van der Waals surface area contributed by atoms with E-state index in [4.69, 9.17) is 74.0 Å². The number of nitrogens with two attached hydrogens (primary N) is 7. The number of imide groups is 1. The molecule has 20 nitrogen and oxygen atoms in total. The van der Waals surface area contributed by atoms with Gasteiger partial charge in [0.25, 0.3) is 11.8 Å². The van der Waals surface area contributed by atoms with Crippen LogP contribution in [0.2, 0.25) is 20.1 Å². The number of amides is 3. The second kappa shape index (κ2) is 39.9. The fourth-order valence-corrected chi connectivity index (χ4v) is 5.24. The van der Waals surface area contributed by atoms with Crippen molar-refractivity contribution in [3.8, 4) is 12.8 Å². The Bertz CT molecular complexity index is 1890. The van der Waals surface area contributed by atoms with E-state index in [0.717, 1.165) is 11.3 Å². The highest BCUT2D eigenvalue weighted by molar-refractivity contribution is 6.40. The summed E-state index contributed by atoms with van der Waals surface area (Å²) in [6.45, 7) is 0.631. The number of carbonyl (C=O) groups is 4. The molecular weight excluding hydrogens is 894 g/mol. The summed E-state index contributed by atoms with van der Waals surface area (Å²) in [5.41, 5.74) is 8.88. The van der Waals surface area contributed by atoms with Gasteiger partial charge >= 0.3 is 5.97 Å². The van der Waals surface area contributed by atoms with Gasteiger partial charge in [0.05, 0.1) is 57.5 Å². The van der Waals surface area contributed by atoms with Crippen LogP contribution in [0.5, 0.6) is 0 Å². The van der Waals surface area contributed by atoms with Gasteiger partial charge in [-0.2, -0.15) is 5.06 Å². The molecule has 0 bridgehead atoms. The van der Waals surface area contributed by atoms with E-state index in [0.29, 0.717) is 49.3 Å². The summed E-state index contributed by atoms with van der Waals surface area (Å²) in [6, 6.07) is 25.0. The number of nitrogens with one attached hydrogen (secondary N) is 3.